The molecule has 0 aliphatic carbocycles. The van der Waals surface area contributed by atoms with Gasteiger partial charge in [-0.1, -0.05) is 13.8 Å². The SMILES string of the molecule is CC(C)C(CNc1ccc(F)cc1F)C(=O)O. The molecule has 0 aromatic heterocycles. The van der Waals surface area contributed by atoms with Gasteiger partial charge in [0.15, 0.2) is 0 Å². The third-order valence-corrected chi connectivity index (χ3v) is 2.57. The Morgan fingerprint density at radius 1 is 1.41 bits per heavy atom. The lowest BCUT2D eigenvalue weighted by Gasteiger charge is -2.17. The number of hydrogen-bond donors (Lipinski definition) is 2. The fourth-order valence-electron chi connectivity index (χ4n) is 1.46. The summed E-state index contributed by atoms with van der Waals surface area (Å²) < 4.78 is 25.9. The summed E-state index contributed by atoms with van der Waals surface area (Å²) in [6.45, 7) is 3.67. The van der Waals surface area contributed by atoms with Crippen LogP contribution in [0, 0.1) is 23.5 Å². The first kappa shape index (κ1) is 13.4. The molecule has 3 nitrogen and oxygen atoms in total. The minimum atomic E-state index is -0.935. The van der Waals surface area contributed by atoms with E-state index in [-0.39, 0.29) is 18.2 Å². The van der Waals surface area contributed by atoms with Crippen molar-refractivity contribution in [3.8, 4) is 0 Å². The molecule has 1 aromatic rings. The second-order valence-electron chi connectivity index (χ2n) is 4.19. The molecule has 0 radical (unpaired) electrons. The van der Waals surface area contributed by atoms with Crippen LogP contribution in [0.1, 0.15) is 13.8 Å². The molecule has 0 amide bonds. The summed E-state index contributed by atoms with van der Waals surface area (Å²) in [6.07, 6.45) is 0. The molecule has 0 spiro atoms. The van der Waals surface area contributed by atoms with E-state index in [1.807, 2.05) is 0 Å². The van der Waals surface area contributed by atoms with Crippen molar-refractivity contribution < 1.29 is 18.7 Å². The highest BCUT2D eigenvalue weighted by Gasteiger charge is 2.21. The van der Waals surface area contributed by atoms with E-state index in [0.717, 1.165) is 12.1 Å². The summed E-state index contributed by atoms with van der Waals surface area (Å²) in [5.41, 5.74) is 0.110. The molecule has 2 N–H and O–H groups in total. The van der Waals surface area contributed by atoms with E-state index in [2.05, 4.69) is 5.32 Å². The number of carbonyl (C=O) groups is 1. The number of aliphatic carboxylic acids is 1. The fraction of sp³-hybridized carbons (Fsp3) is 0.417. The zero-order chi connectivity index (χ0) is 13.0. The van der Waals surface area contributed by atoms with E-state index in [4.69, 9.17) is 5.11 Å². The summed E-state index contributed by atoms with van der Waals surface area (Å²) >= 11 is 0. The molecule has 1 aromatic carbocycles. The first-order valence-corrected chi connectivity index (χ1v) is 5.33. The van der Waals surface area contributed by atoms with Crippen molar-refractivity contribution >= 4 is 11.7 Å². The van der Waals surface area contributed by atoms with Crippen molar-refractivity contribution in [2.24, 2.45) is 11.8 Å². The normalized spacial score (nSPS) is 12.5. The summed E-state index contributed by atoms with van der Waals surface area (Å²) in [5, 5.41) is 11.6. The van der Waals surface area contributed by atoms with Crippen LogP contribution in [-0.4, -0.2) is 17.6 Å². The number of halogens is 2. The predicted octanol–water partition coefficient (Wildman–Crippen LogP) is 2.73. The Morgan fingerprint density at radius 3 is 2.53 bits per heavy atom. The zero-order valence-corrected chi connectivity index (χ0v) is 9.71. The Hall–Kier alpha value is -1.65. The topological polar surface area (TPSA) is 49.3 Å². The molecular weight excluding hydrogens is 228 g/mol. The molecule has 5 heteroatoms. The van der Waals surface area contributed by atoms with Crippen molar-refractivity contribution in [2.75, 3.05) is 11.9 Å². The van der Waals surface area contributed by atoms with Gasteiger partial charge in [-0.2, -0.15) is 0 Å². The zero-order valence-electron chi connectivity index (χ0n) is 9.71. The smallest absolute Gasteiger partial charge is 0.308 e. The maximum absolute atomic E-state index is 13.3. The average Bonchev–Trinajstić information content (AvgIpc) is 2.20. The number of nitrogens with one attached hydrogen (secondary N) is 1. The van der Waals surface area contributed by atoms with Crippen molar-refractivity contribution in [3.63, 3.8) is 0 Å². The summed E-state index contributed by atoms with van der Waals surface area (Å²) in [6, 6.07) is 3.13. The second kappa shape index (κ2) is 5.61. The number of rotatable bonds is 5. The van der Waals surface area contributed by atoms with Gasteiger partial charge in [-0.25, -0.2) is 8.78 Å². The van der Waals surface area contributed by atoms with E-state index >= 15 is 0 Å². The van der Waals surface area contributed by atoms with E-state index in [9.17, 15) is 13.6 Å². The van der Waals surface area contributed by atoms with Gasteiger partial charge < -0.3 is 10.4 Å². The number of hydrogen-bond acceptors (Lipinski definition) is 2. The molecule has 0 saturated heterocycles. The summed E-state index contributed by atoms with van der Waals surface area (Å²) in [7, 11) is 0. The second-order valence-corrected chi connectivity index (χ2v) is 4.19. The number of anilines is 1. The maximum Gasteiger partial charge on any atom is 0.308 e. The van der Waals surface area contributed by atoms with Gasteiger partial charge in [0.1, 0.15) is 11.6 Å². The van der Waals surface area contributed by atoms with Crippen LogP contribution in [-0.2, 0) is 4.79 Å². The van der Waals surface area contributed by atoms with Crippen molar-refractivity contribution in [1.82, 2.24) is 0 Å². The van der Waals surface area contributed by atoms with Gasteiger partial charge >= 0.3 is 5.97 Å². The highest BCUT2D eigenvalue weighted by atomic mass is 19.1. The Balaban J connectivity index is 2.69. The fourth-order valence-corrected chi connectivity index (χ4v) is 1.46. The number of carboxylic acids is 1. The van der Waals surface area contributed by atoms with Crippen molar-refractivity contribution in [1.29, 1.82) is 0 Å². The molecule has 0 aliphatic heterocycles. The highest BCUT2D eigenvalue weighted by Crippen LogP contribution is 2.17. The minimum Gasteiger partial charge on any atom is -0.481 e. The summed E-state index contributed by atoms with van der Waals surface area (Å²) in [5.74, 6) is -3.00. The van der Waals surface area contributed by atoms with Crippen LogP contribution in [0.25, 0.3) is 0 Å². The molecule has 1 unspecified atom stereocenters. The molecule has 0 heterocycles. The van der Waals surface area contributed by atoms with Crippen LogP contribution in [0.15, 0.2) is 18.2 Å². The maximum atomic E-state index is 13.3. The third-order valence-electron chi connectivity index (χ3n) is 2.57. The quantitative estimate of drug-likeness (QED) is 0.836. The van der Waals surface area contributed by atoms with Gasteiger partial charge in [0.25, 0.3) is 0 Å². The van der Waals surface area contributed by atoms with E-state index in [0.29, 0.717) is 0 Å². The molecule has 17 heavy (non-hydrogen) atoms. The lowest BCUT2D eigenvalue weighted by Crippen LogP contribution is -2.27. The van der Waals surface area contributed by atoms with Gasteiger partial charge in [-0.05, 0) is 18.1 Å². The minimum absolute atomic E-state index is 0.0662. The molecule has 0 saturated carbocycles. The highest BCUT2D eigenvalue weighted by molar-refractivity contribution is 5.71. The third kappa shape index (κ3) is 3.69. The van der Waals surface area contributed by atoms with Crippen LogP contribution in [0.4, 0.5) is 14.5 Å². The first-order chi connectivity index (χ1) is 7.91. The largest absolute Gasteiger partial charge is 0.481 e. The van der Waals surface area contributed by atoms with Crippen molar-refractivity contribution in [3.05, 3.63) is 29.8 Å². The number of carboxylic acid groups (broad SMARTS) is 1. The van der Waals surface area contributed by atoms with Gasteiger partial charge in [-0.15, -0.1) is 0 Å². The molecule has 0 bridgehead atoms. The standard InChI is InChI=1S/C12H15F2NO2/c1-7(2)9(12(16)17)6-15-11-4-3-8(13)5-10(11)14/h3-5,7,9,15H,6H2,1-2H3,(H,16,17). The van der Waals surface area contributed by atoms with Crippen LogP contribution in [0.3, 0.4) is 0 Å². The molecule has 1 atom stereocenters. The molecular formula is C12H15F2NO2. The Kier molecular flexibility index (Phi) is 4.43. The molecule has 0 aliphatic rings. The van der Waals surface area contributed by atoms with E-state index in [1.165, 1.54) is 6.07 Å². The van der Waals surface area contributed by atoms with E-state index < -0.39 is 23.5 Å². The van der Waals surface area contributed by atoms with Gasteiger partial charge in [-0.3, -0.25) is 4.79 Å². The van der Waals surface area contributed by atoms with Crippen molar-refractivity contribution in [2.45, 2.75) is 13.8 Å². The van der Waals surface area contributed by atoms with Gasteiger partial charge in [0.2, 0.25) is 0 Å². The lowest BCUT2D eigenvalue weighted by atomic mass is 9.96. The molecule has 0 fully saturated rings. The van der Waals surface area contributed by atoms with Crippen LogP contribution >= 0.6 is 0 Å². The monoisotopic (exact) mass is 243 g/mol. The Labute approximate surface area is 98.5 Å². The predicted molar refractivity (Wildman–Crippen MR) is 60.8 cm³/mol. The van der Waals surface area contributed by atoms with Crippen LogP contribution in [0.2, 0.25) is 0 Å². The Morgan fingerprint density at radius 2 is 2.06 bits per heavy atom. The van der Waals surface area contributed by atoms with Crippen LogP contribution in [0.5, 0.6) is 0 Å². The molecule has 1 rings (SSSR count). The molecule has 94 valence electrons. The van der Waals surface area contributed by atoms with E-state index in [1.54, 1.807) is 13.8 Å². The van der Waals surface area contributed by atoms with Crippen LogP contribution < -0.4 is 5.32 Å². The lowest BCUT2D eigenvalue weighted by molar-refractivity contribution is -0.142. The Bertz CT molecular complexity index is 407. The van der Waals surface area contributed by atoms with Gasteiger partial charge in [0.05, 0.1) is 11.6 Å². The number of benzene rings is 1. The average molecular weight is 243 g/mol. The van der Waals surface area contributed by atoms with Gasteiger partial charge in [0, 0.05) is 12.6 Å². The first-order valence-electron chi connectivity index (χ1n) is 5.33. The summed E-state index contributed by atoms with van der Waals surface area (Å²) in [4.78, 5) is 10.9.